The highest BCUT2D eigenvalue weighted by atomic mass is 32.2. The molecule has 1 aromatic rings. The molecule has 0 aromatic heterocycles. The van der Waals surface area contributed by atoms with Crippen molar-refractivity contribution in [1.29, 1.82) is 0 Å². The van der Waals surface area contributed by atoms with Crippen molar-refractivity contribution in [3.05, 3.63) is 29.8 Å². The molecule has 0 spiro atoms. The van der Waals surface area contributed by atoms with Gasteiger partial charge in [-0.15, -0.1) is 0 Å². The van der Waals surface area contributed by atoms with Gasteiger partial charge in [0.2, 0.25) is 10.0 Å². The van der Waals surface area contributed by atoms with Crippen LogP contribution in [0.4, 0.5) is 0 Å². The van der Waals surface area contributed by atoms with Crippen molar-refractivity contribution in [3.63, 3.8) is 0 Å². The molecule has 0 aliphatic carbocycles. The van der Waals surface area contributed by atoms with E-state index in [0.717, 1.165) is 32.4 Å². The first-order valence-electron chi connectivity index (χ1n) is 7.34. The molecular weight excluding hydrogens is 288 g/mol. The van der Waals surface area contributed by atoms with Gasteiger partial charge in [0.25, 0.3) is 5.91 Å². The van der Waals surface area contributed by atoms with Crippen LogP contribution in [0.5, 0.6) is 0 Å². The van der Waals surface area contributed by atoms with Gasteiger partial charge in [0.15, 0.2) is 0 Å². The van der Waals surface area contributed by atoms with E-state index in [1.807, 2.05) is 4.90 Å². The highest BCUT2D eigenvalue weighted by Crippen LogP contribution is 2.21. The average Bonchev–Trinajstić information content (AvgIpc) is 2.71. The topological polar surface area (TPSA) is 80.5 Å². The standard InChI is InChI=1S/C15H22N2O3S/c1-2-12-4-3-10-17(11-9-12)15(18)13-5-7-14(8-6-13)21(16,19)20/h5-8,12H,2-4,9-11H2,1H3,(H2,16,19,20). The molecule has 1 aromatic carbocycles. The van der Waals surface area contributed by atoms with Gasteiger partial charge < -0.3 is 4.90 Å². The first-order chi connectivity index (χ1) is 9.91. The number of primary sulfonamides is 1. The van der Waals surface area contributed by atoms with Crippen molar-refractivity contribution in [2.45, 2.75) is 37.5 Å². The molecular formula is C15H22N2O3S. The fourth-order valence-electron chi connectivity index (χ4n) is 2.75. The molecule has 2 N–H and O–H groups in total. The Morgan fingerprint density at radius 1 is 1.24 bits per heavy atom. The predicted octanol–water partition coefficient (Wildman–Crippen LogP) is 1.99. The van der Waals surface area contributed by atoms with Crippen molar-refractivity contribution in [3.8, 4) is 0 Å². The summed E-state index contributed by atoms with van der Waals surface area (Å²) in [5.41, 5.74) is 0.511. The Labute approximate surface area is 126 Å². The lowest BCUT2D eigenvalue weighted by molar-refractivity contribution is 0.0760. The van der Waals surface area contributed by atoms with Crippen molar-refractivity contribution < 1.29 is 13.2 Å². The number of sulfonamides is 1. The monoisotopic (exact) mass is 310 g/mol. The first kappa shape index (κ1) is 16.0. The van der Waals surface area contributed by atoms with Gasteiger partial charge in [-0.25, -0.2) is 13.6 Å². The molecule has 1 aliphatic heterocycles. The number of hydrogen-bond donors (Lipinski definition) is 1. The van der Waals surface area contributed by atoms with Crippen LogP contribution >= 0.6 is 0 Å². The number of benzene rings is 1. The molecule has 6 heteroatoms. The van der Waals surface area contributed by atoms with Crippen LogP contribution in [0.15, 0.2) is 29.2 Å². The SMILES string of the molecule is CCC1CCCN(C(=O)c2ccc(S(N)(=O)=O)cc2)CC1. The smallest absolute Gasteiger partial charge is 0.253 e. The molecule has 2 rings (SSSR count). The van der Waals surface area contributed by atoms with Crippen LogP contribution in [-0.2, 0) is 10.0 Å². The van der Waals surface area contributed by atoms with Gasteiger partial charge in [-0.2, -0.15) is 0 Å². The Balaban J connectivity index is 2.09. The third-order valence-electron chi connectivity index (χ3n) is 4.14. The number of carbonyl (C=O) groups is 1. The zero-order valence-corrected chi connectivity index (χ0v) is 13.1. The molecule has 21 heavy (non-hydrogen) atoms. The maximum Gasteiger partial charge on any atom is 0.253 e. The van der Waals surface area contributed by atoms with E-state index in [-0.39, 0.29) is 10.8 Å². The van der Waals surface area contributed by atoms with Gasteiger partial charge in [0.05, 0.1) is 4.90 Å². The molecule has 1 atom stereocenters. The van der Waals surface area contributed by atoms with E-state index in [4.69, 9.17) is 5.14 Å². The maximum absolute atomic E-state index is 12.5. The van der Waals surface area contributed by atoms with Gasteiger partial charge >= 0.3 is 0 Å². The van der Waals surface area contributed by atoms with Crippen LogP contribution in [0, 0.1) is 5.92 Å². The largest absolute Gasteiger partial charge is 0.339 e. The van der Waals surface area contributed by atoms with Crippen molar-refractivity contribution >= 4 is 15.9 Å². The molecule has 1 aliphatic rings. The molecule has 0 radical (unpaired) electrons. The Morgan fingerprint density at radius 2 is 1.90 bits per heavy atom. The Kier molecular flexibility index (Phi) is 5.00. The highest BCUT2D eigenvalue weighted by Gasteiger charge is 2.21. The van der Waals surface area contributed by atoms with E-state index < -0.39 is 10.0 Å². The summed E-state index contributed by atoms with van der Waals surface area (Å²) >= 11 is 0. The van der Waals surface area contributed by atoms with Crippen molar-refractivity contribution in [2.75, 3.05) is 13.1 Å². The second-order valence-corrected chi connectivity index (χ2v) is 7.13. The van der Waals surface area contributed by atoms with Gasteiger partial charge in [-0.3, -0.25) is 4.79 Å². The molecule has 1 unspecified atom stereocenters. The minimum Gasteiger partial charge on any atom is -0.339 e. The molecule has 5 nitrogen and oxygen atoms in total. The lowest BCUT2D eigenvalue weighted by Gasteiger charge is -2.20. The van der Waals surface area contributed by atoms with E-state index in [1.54, 1.807) is 0 Å². The van der Waals surface area contributed by atoms with Crippen LogP contribution in [-0.4, -0.2) is 32.3 Å². The van der Waals surface area contributed by atoms with Crippen LogP contribution < -0.4 is 5.14 Å². The van der Waals surface area contributed by atoms with Crippen LogP contribution in [0.2, 0.25) is 0 Å². The molecule has 0 saturated carbocycles. The quantitative estimate of drug-likeness (QED) is 0.927. The number of nitrogens with two attached hydrogens (primary N) is 1. The van der Waals surface area contributed by atoms with Crippen LogP contribution in [0.25, 0.3) is 0 Å². The van der Waals surface area contributed by atoms with Crippen molar-refractivity contribution in [2.24, 2.45) is 11.1 Å². The molecule has 0 bridgehead atoms. The fourth-order valence-corrected chi connectivity index (χ4v) is 3.26. The second kappa shape index (κ2) is 6.58. The van der Waals surface area contributed by atoms with Crippen molar-refractivity contribution in [1.82, 2.24) is 4.90 Å². The first-order valence-corrected chi connectivity index (χ1v) is 8.88. The zero-order valence-electron chi connectivity index (χ0n) is 12.3. The third kappa shape index (κ3) is 4.04. The number of rotatable bonds is 3. The van der Waals surface area contributed by atoms with E-state index in [0.29, 0.717) is 11.5 Å². The summed E-state index contributed by atoms with van der Waals surface area (Å²) in [6.07, 6.45) is 4.40. The Hall–Kier alpha value is -1.40. The normalized spacial score (nSPS) is 20.1. The Morgan fingerprint density at radius 3 is 2.48 bits per heavy atom. The maximum atomic E-state index is 12.5. The number of likely N-dealkylation sites (tertiary alicyclic amines) is 1. The second-order valence-electron chi connectivity index (χ2n) is 5.57. The number of carbonyl (C=O) groups excluding carboxylic acids is 1. The molecule has 1 fully saturated rings. The summed E-state index contributed by atoms with van der Waals surface area (Å²) in [7, 11) is -3.71. The Bertz CT molecular complexity index is 596. The zero-order chi connectivity index (χ0) is 15.5. The lowest BCUT2D eigenvalue weighted by Crippen LogP contribution is -2.32. The number of hydrogen-bond acceptors (Lipinski definition) is 3. The minimum absolute atomic E-state index is 0.0287. The van der Waals surface area contributed by atoms with Gasteiger partial charge in [0, 0.05) is 18.7 Å². The molecule has 116 valence electrons. The fraction of sp³-hybridized carbons (Fsp3) is 0.533. The van der Waals surface area contributed by atoms with Gasteiger partial charge in [-0.1, -0.05) is 13.3 Å². The summed E-state index contributed by atoms with van der Waals surface area (Å²) in [4.78, 5) is 14.3. The summed E-state index contributed by atoms with van der Waals surface area (Å²) in [6.45, 7) is 3.73. The number of amides is 1. The number of nitrogens with zero attached hydrogens (tertiary/aromatic N) is 1. The molecule has 1 amide bonds. The van der Waals surface area contributed by atoms with E-state index in [2.05, 4.69) is 6.92 Å². The van der Waals surface area contributed by atoms with Crippen LogP contribution in [0.3, 0.4) is 0 Å². The summed E-state index contributed by atoms with van der Waals surface area (Å²) in [5.74, 6) is 0.667. The summed E-state index contributed by atoms with van der Waals surface area (Å²) in [5, 5.41) is 5.05. The van der Waals surface area contributed by atoms with Gasteiger partial charge in [-0.05, 0) is 49.4 Å². The third-order valence-corrected chi connectivity index (χ3v) is 5.07. The molecule has 1 saturated heterocycles. The highest BCUT2D eigenvalue weighted by molar-refractivity contribution is 7.89. The van der Waals surface area contributed by atoms with E-state index >= 15 is 0 Å². The predicted molar refractivity (Wildman–Crippen MR) is 81.4 cm³/mol. The lowest BCUT2D eigenvalue weighted by atomic mass is 9.98. The molecule has 1 heterocycles. The van der Waals surface area contributed by atoms with E-state index in [1.165, 1.54) is 30.7 Å². The average molecular weight is 310 g/mol. The minimum atomic E-state index is -3.71. The summed E-state index contributed by atoms with van der Waals surface area (Å²) < 4.78 is 22.4. The van der Waals surface area contributed by atoms with Crippen LogP contribution in [0.1, 0.15) is 43.0 Å². The van der Waals surface area contributed by atoms with E-state index in [9.17, 15) is 13.2 Å². The summed E-state index contributed by atoms with van der Waals surface area (Å²) in [6, 6.07) is 5.83. The van der Waals surface area contributed by atoms with Gasteiger partial charge in [0.1, 0.15) is 0 Å².